The molecule has 0 atom stereocenters. The Morgan fingerprint density at radius 1 is 1.57 bits per heavy atom. The van der Waals surface area contributed by atoms with Gasteiger partial charge in [-0.15, -0.1) is 11.3 Å². The van der Waals surface area contributed by atoms with Crippen molar-refractivity contribution in [2.75, 3.05) is 5.83 Å². The maximum atomic E-state index is 3.74. The normalized spacial score (nSPS) is 6.57. The van der Waals surface area contributed by atoms with E-state index in [9.17, 15) is 0 Å². The van der Waals surface area contributed by atoms with Crippen molar-refractivity contribution in [2.45, 2.75) is 0 Å². The minimum absolute atomic E-state index is 1.60. The van der Waals surface area contributed by atoms with E-state index < -0.39 is 0 Å². The second-order valence-corrected chi connectivity index (χ2v) is 1.43. The zero-order valence-electron chi connectivity index (χ0n) is 3.97. The highest BCUT2D eigenvalue weighted by Gasteiger charge is 1.59. The van der Waals surface area contributed by atoms with Crippen LogP contribution in [0, 0.1) is 0 Å². The van der Waals surface area contributed by atoms with Crippen LogP contribution in [-0.2, 0) is 0 Å². The zero-order valence-corrected chi connectivity index (χ0v) is 6.37. The Labute approximate surface area is 55.5 Å². The monoisotopic (exact) mass is 179 g/mol. The van der Waals surface area contributed by atoms with Crippen LogP contribution in [0.4, 0.5) is 0 Å². The van der Waals surface area contributed by atoms with Crippen LogP contribution in [-0.4, -0.2) is 10.8 Å². The number of thiazole rings is 1. The van der Waals surface area contributed by atoms with Crippen LogP contribution in [0.15, 0.2) is 17.1 Å². The van der Waals surface area contributed by atoms with E-state index in [0.717, 1.165) is 0 Å². The molecule has 0 fully saturated rings. The van der Waals surface area contributed by atoms with Crippen molar-refractivity contribution in [3.05, 3.63) is 17.1 Å². The third kappa shape index (κ3) is 3.95. The van der Waals surface area contributed by atoms with E-state index in [0.29, 0.717) is 0 Å². The summed E-state index contributed by atoms with van der Waals surface area (Å²) in [6.07, 6.45) is 1.77. The van der Waals surface area contributed by atoms with Gasteiger partial charge in [-0.3, -0.25) is 4.98 Å². The molecule has 1 nitrogen and oxygen atoms in total. The fraction of sp³-hybridized carbons (Fsp3) is 0.250. The number of alkyl halides is 1. The second kappa shape index (κ2) is 6.11. The Kier molecular flexibility index (Phi) is 6.21. The van der Waals surface area contributed by atoms with E-state index in [1.54, 1.807) is 23.0 Å². The van der Waals surface area contributed by atoms with Gasteiger partial charge in [-0.1, -0.05) is 15.9 Å². The summed E-state index contributed by atoms with van der Waals surface area (Å²) in [5.41, 5.74) is 1.79. The van der Waals surface area contributed by atoms with Gasteiger partial charge in [0.15, 0.2) is 0 Å². The third-order valence-corrected chi connectivity index (χ3v) is 0.869. The Bertz CT molecular complexity index is 68.2. The maximum Gasteiger partial charge on any atom is 0.0791 e. The first kappa shape index (κ1) is 7.11. The summed E-state index contributed by atoms with van der Waals surface area (Å²) >= 11 is 4.54. The Morgan fingerprint density at radius 3 is 2.43 bits per heavy atom. The van der Waals surface area contributed by atoms with Gasteiger partial charge >= 0.3 is 0 Å². The van der Waals surface area contributed by atoms with Crippen LogP contribution in [0.5, 0.6) is 0 Å². The molecule has 0 N–H and O–H groups in total. The molecule has 0 saturated carbocycles. The molecule has 3 heteroatoms. The zero-order chi connectivity index (χ0) is 5.54. The molecule has 0 aliphatic heterocycles. The van der Waals surface area contributed by atoms with Crippen molar-refractivity contribution in [3.63, 3.8) is 0 Å². The van der Waals surface area contributed by atoms with Crippen molar-refractivity contribution in [1.82, 2.24) is 4.98 Å². The predicted octanol–water partition coefficient (Wildman–Crippen LogP) is 2.15. The number of aromatic nitrogens is 1. The van der Waals surface area contributed by atoms with E-state index in [1.165, 1.54) is 0 Å². The van der Waals surface area contributed by atoms with Crippen molar-refractivity contribution in [1.29, 1.82) is 0 Å². The molecule has 1 aromatic rings. The van der Waals surface area contributed by atoms with Crippen molar-refractivity contribution in [2.24, 2.45) is 0 Å². The number of rotatable bonds is 0. The second-order valence-electron chi connectivity index (χ2n) is 0.676. The van der Waals surface area contributed by atoms with Gasteiger partial charge in [0.1, 0.15) is 0 Å². The number of hydrogen-bond donors (Lipinski definition) is 0. The molecule has 0 amide bonds. The Balaban J connectivity index is 0.000000162. The SMILES string of the molecule is CBr.c1cscn1. The molecule has 7 heavy (non-hydrogen) atoms. The van der Waals surface area contributed by atoms with Crippen LogP contribution in [0.3, 0.4) is 0 Å². The first-order valence-corrected chi connectivity index (χ1v) is 4.23. The van der Waals surface area contributed by atoms with Crippen LogP contribution in [0.25, 0.3) is 0 Å². The standard InChI is InChI=1S/C3H3NS.CH3Br/c1-2-5-3-4-1;1-2/h1-3H;1H3. The van der Waals surface area contributed by atoms with E-state index >= 15 is 0 Å². The van der Waals surface area contributed by atoms with Crippen LogP contribution in [0.1, 0.15) is 0 Å². The lowest BCUT2D eigenvalue weighted by atomic mass is 11.0. The van der Waals surface area contributed by atoms with Gasteiger partial charge in [0.05, 0.1) is 5.51 Å². The summed E-state index contributed by atoms with van der Waals surface area (Å²) < 4.78 is 0. The average Bonchev–Trinajstić information content (AvgIpc) is 2.23. The molecule has 1 heterocycles. The highest BCUT2D eigenvalue weighted by Crippen LogP contribution is 1.85. The van der Waals surface area contributed by atoms with Gasteiger partial charge in [-0.25, -0.2) is 0 Å². The first-order chi connectivity index (χ1) is 3.50. The lowest BCUT2D eigenvalue weighted by molar-refractivity contribution is 1.43. The molecule has 0 radical (unpaired) electrons. The van der Waals surface area contributed by atoms with Gasteiger partial charge in [0, 0.05) is 11.6 Å². The third-order valence-electron chi connectivity index (χ3n) is 0.347. The molecular weight excluding hydrogens is 174 g/mol. The average molecular weight is 180 g/mol. The molecular formula is C4H6BrNS. The number of hydrogen-bond acceptors (Lipinski definition) is 2. The van der Waals surface area contributed by atoms with Crippen LogP contribution >= 0.6 is 27.3 Å². The molecule has 1 aromatic heterocycles. The lowest BCUT2D eigenvalue weighted by Gasteiger charge is -1.41. The lowest BCUT2D eigenvalue weighted by Crippen LogP contribution is -1.38. The summed E-state index contributed by atoms with van der Waals surface area (Å²) in [4.78, 5) is 3.74. The quantitative estimate of drug-likeness (QED) is 0.557. The van der Waals surface area contributed by atoms with Crippen molar-refractivity contribution < 1.29 is 0 Å². The molecule has 0 aromatic carbocycles. The predicted molar refractivity (Wildman–Crippen MR) is 37.0 cm³/mol. The summed E-state index contributed by atoms with van der Waals surface area (Å²) in [7, 11) is 0. The van der Waals surface area contributed by atoms with E-state index in [4.69, 9.17) is 0 Å². The van der Waals surface area contributed by atoms with Gasteiger partial charge in [-0.2, -0.15) is 0 Å². The minimum Gasteiger partial charge on any atom is -0.253 e. The topological polar surface area (TPSA) is 12.9 Å². The Hall–Kier alpha value is 0.110. The fourth-order valence-corrected chi connectivity index (χ4v) is 0.527. The van der Waals surface area contributed by atoms with Gasteiger partial charge in [0.2, 0.25) is 0 Å². The van der Waals surface area contributed by atoms with Crippen LogP contribution < -0.4 is 0 Å². The highest BCUT2D eigenvalue weighted by atomic mass is 79.9. The van der Waals surface area contributed by atoms with E-state index in [1.807, 2.05) is 11.2 Å². The summed E-state index contributed by atoms with van der Waals surface area (Å²) in [6, 6.07) is 0. The molecule has 0 aliphatic rings. The van der Waals surface area contributed by atoms with Crippen molar-refractivity contribution >= 4 is 27.3 Å². The molecule has 40 valence electrons. The summed E-state index contributed by atoms with van der Waals surface area (Å²) in [5, 5.41) is 1.93. The molecule has 1 rings (SSSR count). The van der Waals surface area contributed by atoms with Gasteiger partial charge in [0.25, 0.3) is 0 Å². The molecule has 0 aliphatic carbocycles. The van der Waals surface area contributed by atoms with Gasteiger partial charge in [-0.05, 0) is 5.83 Å². The molecule has 0 unspecified atom stereocenters. The molecule has 0 bridgehead atoms. The largest absolute Gasteiger partial charge is 0.253 e. The summed E-state index contributed by atoms with van der Waals surface area (Å²) in [6.45, 7) is 0. The van der Waals surface area contributed by atoms with Gasteiger partial charge < -0.3 is 0 Å². The van der Waals surface area contributed by atoms with E-state index in [2.05, 4.69) is 20.9 Å². The molecule has 0 spiro atoms. The minimum atomic E-state index is 1.60. The van der Waals surface area contributed by atoms with Crippen molar-refractivity contribution in [3.8, 4) is 0 Å². The van der Waals surface area contributed by atoms with E-state index in [-0.39, 0.29) is 0 Å². The fourth-order valence-electron chi connectivity index (χ4n) is 0.176. The summed E-state index contributed by atoms with van der Waals surface area (Å²) in [5.74, 6) is 1.81. The smallest absolute Gasteiger partial charge is 0.0791 e. The highest BCUT2D eigenvalue weighted by molar-refractivity contribution is 9.08. The van der Waals surface area contributed by atoms with Crippen LogP contribution in [0.2, 0.25) is 0 Å². The first-order valence-electron chi connectivity index (χ1n) is 1.70. The molecule has 0 saturated heterocycles. The maximum absolute atomic E-state index is 3.74. The number of halogens is 1. The number of nitrogens with zero attached hydrogens (tertiary/aromatic N) is 1. The Morgan fingerprint density at radius 2 is 2.29 bits per heavy atom.